The summed E-state index contributed by atoms with van der Waals surface area (Å²) in [6.07, 6.45) is 0.776. The number of hydrogen-bond acceptors (Lipinski definition) is 4. The first-order chi connectivity index (χ1) is 12.4. The van der Waals surface area contributed by atoms with Crippen LogP contribution in [0.4, 0.5) is 5.69 Å². The summed E-state index contributed by atoms with van der Waals surface area (Å²) in [6, 6.07) is 10.4. The zero-order valence-electron chi connectivity index (χ0n) is 15.1. The van der Waals surface area contributed by atoms with E-state index in [9.17, 15) is 14.4 Å². The van der Waals surface area contributed by atoms with E-state index >= 15 is 0 Å². The number of carbonyl (C=O) groups is 2. The smallest absolute Gasteiger partial charge is 0.278 e. The molecule has 1 aliphatic rings. The highest BCUT2D eigenvalue weighted by Gasteiger charge is 2.32. The maximum Gasteiger partial charge on any atom is 0.278 e. The van der Waals surface area contributed by atoms with Crippen LogP contribution in [-0.4, -0.2) is 33.7 Å². The second kappa shape index (κ2) is 7.11. The zero-order chi connectivity index (χ0) is 18.8. The maximum atomic E-state index is 13.0. The van der Waals surface area contributed by atoms with E-state index in [4.69, 9.17) is 0 Å². The van der Waals surface area contributed by atoms with Crippen molar-refractivity contribution in [3.05, 3.63) is 58.0 Å². The first kappa shape index (κ1) is 17.8. The molecule has 136 valence electrons. The number of anilines is 1. The molecule has 1 aliphatic heterocycles. The van der Waals surface area contributed by atoms with E-state index in [-0.39, 0.29) is 36.1 Å². The van der Waals surface area contributed by atoms with Crippen LogP contribution in [0.25, 0.3) is 0 Å². The van der Waals surface area contributed by atoms with Crippen LogP contribution in [0, 0.1) is 0 Å². The van der Waals surface area contributed by atoms with Crippen molar-refractivity contribution in [1.82, 2.24) is 15.1 Å². The number of rotatable bonds is 4. The lowest BCUT2D eigenvalue weighted by molar-refractivity contribution is -0.122. The summed E-state index contributed by atoms with van der Waals surface area (Å²) >= 11 is 0. The predicted octanol–water partition coefficient (Wildman–Crippen LogP) is 1.36. The highest BCUT2D eigenvalue weighted by molar-refractivity contribution is 6.06. The van der Waals surface area contributed by atoms with E-state index in [1.165, 1.54) is 12.1 Å². The van der Waals surface area contributed by atoms with Crippen LogP contribution < -0.4 is 15.8 Å². The van der Waals surface area contributed by atoms with Gasteiger partial charge in [0.15, 0.2) is 0 Å². The summed E-state index contributed by atoms with van der Waals surface area (Å²) in [6.45, 7) is 5.43. The van der Waals surface area contributed by atoms with Crippen molar-refractivity contribution in [2.45, 2.75) is 45.8 Å². The minimum absolute atomic E-state index is 0.00585. The number of hydrogen-bond donors (Lipinski definition) is 1. The van der Waals surface area contributed by atoms with Gasteiger partial charge in [-0.05, 0) is 44.9 Å². The number of benzene rings is 1. The maximum absolute atomic E-state index is 13.0. The molecule has 1 unspecified atom stereocenters. The topological polar surface area (TPSA) is 84.3 Å². The molecule has 1 aromatic carbocycles. The highest BCUT2D eigenvalue weighted by Crippen LogP contribution is 2.32. The van der Waals surface area contributed by atoms with Crippen molar-refractivity contribution in [1.29, 1.82) is 0 Å². The Morgan fingerprint density at radius 1 is 1.23 bits per heavy atom. The molecule has 7 nitrogen and oxygen atoms in total. The Morgan fingerprint density at radius 3 is 2.69 bits per heavy atom. The number of amides is 2. The molecule has 0 saturated carbocycles. The van der Waals surface area contributed by atoms with E-state index in [1.54, 1.807) is 4.90 Å². The first-order valence-corrected chi connectivity index (χ1v) is 8.66. The zero-order valence-corrected chi connectivity index (χ0v) is 15.1. The molecule has 0 aliphatic carbocycles. The molecular formula is C19H22N4O3. The average Bonchev–Trinajstić information content (AvgIpc) is 2.91. The molecule has 0 bridgehead atoms. The second-order valence-corrected chi connectivity index (χ2v) is 6.79. The summed E-state index contributed by atoms with van der Waals surface area (Å²) in [5, 5.41) is 6.83. The number of nitrogens with zero attached hydrogens (tertiary/aromatic N) is 3. The van der Waals surface area contributed by atoms with Gasteiger partial charge in [-0.3, -0.25) is 14.4 Å². The van der Waals surface area contributed by atoms with E-state index in [0.29, 0.717) is 0 Å². The van der Waals surface area contributed by atoms with Crippen LogP contribution in [0.3, 0.4) is 0 Å². The number of para-hydroxylation sites is 1. The van der Waals surface area contributed by atoms with E-state index in [1.807, 2.05) is 45.0 Å². The van der Waals surface area contributed by atoms with Crippen LogP contribution in [0.15, 0.2) is 41.2 Å². The Labute approximate surface area is 151 Å². The summed E-state index contributed by atoms with van der Waals surface area (Å²) < 4.78 is 1.03. The first-order valence-electron chi connectivity index (χ1n) is 8.66. The van der Waals surface area contributed by atoms with E-state index in [0.717, 1.165) is 22.4 Å². The van der Waals surface area contributed by atoms with Crippen LogP contribution in [0.2, 0.25) is 0 Å². The predicted molar refractivity (Wildman–Crippen MR) is 98.2 cm³/mol. The quantitative estimate of drug-likeness (QED) is 0.898. The number of carbonyl (C=O) groups excluding carboxylic acids is 2. The molecule has 2 amide bonds. The Morgan fingerprint density at radius 2 is 1.96 bits per heavy atom. The van der Waals surface area contributed by atoms with Crippen molar-refractivity contribution in [3.63, 3.8) is 0 Å². The van der Waals surface area contributed by atoms with E-state index in [2.05, 4.69) is 10.4 Å². The van der Waals surface area contributed by atoms with Crippen molar-refractivity contribution < 1.29 is 9.59 Å². The van der Waals surface area contributed by atoms with Gasteiger partial charge in [-0.2, -0.15) is 5.10 Å². The van der Waals surface area contributed by atoms with Gasteiger partial charge in [-0.1, -0.05) is 18.2 Å². The molecule has 0 spiro atoms. The van der Waals surface area contributed by atoms with Gasteiger partial charge in [0.05, 0.1) is 0 Å². The van der Waals surface area contributed by atoms with Crippen molar-refractivity contribution in [3.8, 4) is 0 Å². The fourth-order valence-corrected chi connectivity index (χ4v) is 3.18. The van der Waals surface area contributed by atoms with Gasteiger partial charge >= 0.3 is 0 Å². The number of fused-ring (bicyclic) bond motifs is 1. The molecule has 26 heavy (non-hydrogen) atoms. The second-order valence-electron chi connectivity index (χ2n) is 6.79. The monoisotopic (exact) mass is 354 g/mol. The third-order valence-electron chi connectivity index (χ3n) is 4.25. The Kier molecular flexibility index (Phi) is 4.88. The fraction of sp³-hybridized carbons (Fsp3) is 0.368. The van der Waals surface area contributed by atoms with Gasteiger partial charge in [0.25, 0.3) is 11.5 Å². The Hall–Kier alpha value is -2.96. The number of aromatic nitrogens is 2. The van der Waals surface area contributed by atoms with Gasteiger partial charge in [0.2, 0.25) is 5.91 Å². The van der Waals surface area contributed by atoms with Crippen LogP contribution in [0.1, 0.15) is 36.8 Å². The lowest BCUT2D eigenvalue weighted by atomic mass is 10.1. The normalized spacial score (nSPS) is 15.8. The fourth-order valence-electron chi connectivity index (χ4n) is 3.18. The standard InChI is InChI=1S/C19H22N4O3/c1-12(2)20-17(24)11-22-18(25)9-8-15(21-22)19(26)23-13(3)10-14-6-4-5-7-16(14)23/h4-9,12-13H,10-11H2,1-3H3,(H,20,24). The summed E-state index contributed by atoms with van der Waals surface area (Å²) in [7, 11) is 0. The van der Waals surface area contributed by atoms with Gasteiger partial charge in [0, 0.05) is 23.8 Å². The van der Waals surface area contributed by atoms with Crippen molar-refractivity contribution in [2.24, 2.45) is 0 Å². The lowest BCUT2D eigenvalue weighted by Crippen LogP contribution is -2.39. The molecule has 1 N–H and O–H groups in total. The van der Waals surface area contributed by atoms with Crippen LogP contribution in [0.5, 0.6) is 0 Å². The number of nitrogens with one attached hydrogen (secondary N) is 1. The summed E-state index contributed by atoms with van der Waals surface area (Å²) in [5.41, 5.74) is 1.70. The molecule has 0 radical (unpaired) electrons. The molecule has 1 atom stereocenters. The van der Waals surface area contributed by atoms with Crippen LogP contribution >= 0.6 is 0 Å². The van der Waals surface area contributed by atoms with Crippen molar-refractivity contribution in [2.75, 3.05) is 4.90 Å². The van der Waals surface area contributed by atoms with Gasteiger partial charge in [-0.25, -0.2) is 4.68 Å². The molecule has 2 heterocycles. The van der Waals surface area contributed by atoms with Gasteiger partial charge < -0.3 is 10.2 Å². The highest BCUT2D eigenvalue weighted by atomic mass is 16.2. The molecule has 0 fully saturated rings. The SMILES string of the molecule is CC(C)NC(=O)Cn1nc(C(=O)N2c3ccccc3CC2C)ccc1=O. The Balaban J connectivity index is 1.88. The Bertz CT molecular complexity index is 904. The minimum Gasteiger partial charge on any atom is -0.352 e. The molecule has 0 saturated heterocycles. The minimum atomic E-state index is -0.421. The van der Waals surface area contributed by atoms with Gasteiger partial charge in [-0.15, -0.1) is 0 Å². The molecular weight excluding hydrogens is 332 g/mol. The molecule has 3 rings (SSSR count). The summed E-state index contributed by atoms with van der Waals surface area (Å²) in [4.78, 5) is 38.6. The molecule has 2 aromatic rings. The third kappa shape index (κ3) is 3.51. The molecule has 1 aromatic heterocycles. The largest absolute Gasteiger partial charge is 0.352 e. The molecule has 7 heteroatoms. The van der Waals surface area contributed by atoms with E-state index < -0.39 is 5.56 Å². The van der Waals surface area contributed by atoms with Crippen LogP contribution in [-0.2, 0) is 17.8 Å². The van der Waals surface area contributed by atoms with Crippen molar-refractivity contribution >= 4 is 17.5 Å². The van der Waals surface area contributed by atoms with Gasteiger partial charge in [0.1, 0.15) is 12.2 Å². The summed E-state index contributed by atoms with van der Waals surface area (Å²) in [5.74, 6) is -0.598. The average molecular weight is 354 g/mol. The third-order valence-corrected chi connectivity index (χ3v) is 4.25. The lowest BCUT2D eigenvalue weighted by Gasteiger charge is -2.22.